The minimum atomic E-state index is 0.569. The molecule has 0 saturated carbocycles. The summed E-state index contributed by atoms with van der Waals surface area (Å²) in [4.78, 5) is 1.47. The monoisotopic (exact) mass is 202 g/mol. The van der Waals surface area contributed by atoms with E-state index in [-0.39, 0.29) is 0 Å². The van der Waals surface area contributed by atoms with Crippen molar-refractivity contribution in [2.75, 3.05) is 20.0 Å². The van der Waals surface area contributed by atoms with Gasteiger partial charge in [0.1, 0.15) is 0 Å². The van der Waals surface area contributed by atoms with E-state index in [4.69, 9.17) is 4.74 Å². The number of allylic oxidation sites excluding steroid dienone is 1. The van der Waals surface area contributed by atoms with Crippen LogP contribution < -0.4 is 0 Å². The van der Waals surface area contributed by atoms with Crippen LogP contribution in [-0.4, -0.2) is 20.0 Å². The van der Waals surface area contributed by atoms with E-state index >= 15 is 0 Å². The average molecular weight is 202 g/mol. The summed E-state index contributed by atoms with van der Waals surface area (Å²) in [5.74, 6) is 1.23. The fourth-order valence-electron chi connectivity index (χ4n) is 1.37. The predicted molar refractivity (Wildman–Crippen MR) is 62.1 cm³/mol. The largest absolute Gasteiger partial charge is 0.384 e. The molecule has 2 heteroatoms. The number of methoxy groups -OCH3 is 1. The molecule has 0 fully saturated rings. The molecule has 1 nitrogen and oxygen atoms in total. The quantitative estimate of drug-likeness (QED) is 0.651. The molecule has 0 aromatic heterocycles. The van der Waals surface area contributed by atoms with E-state index in [0.717, 1.165) is 13.0 Å². The van der Waals surface area contributed by atoms with Gasteiger partial charge in [0.25, 0.3) is 0 Å². The molecule has 0 bridgehead atoms. The first-order chi connectivity index (χ1) is 6.17. The Bertz CT molecular complexity index is 152. The Morgan fingerprint density at radius 3 is 2.38 bits per heavy atom. The average Bonchev–Trinajstić information content (AvgIpc) is 2.10. The molecule has 0 aliphatic carbocycles. The summed E-state index contributed by atoms with van der Waals surface area (Å²) in [7, 11) is 1.78. The zero-order chi connectivity index (χ0) is 10.3. The van der Waals surface area contributed by atoms with Crippen molar-refractivity contribution in [1.29, 1.82) is 0 Å². The van der Waals surface area contributed by atoms with Crippen LogP contribution in [0.3, 0.4) is 0 Å². The molecule has 1 atom stereocenters. The normalized spacial score (nSPS) is 15.1. The van der Waals surface area contributed by atoms with Crippen molar-refractivity contribution in [3.8, 4) is 0 Å². The molecule has 1 unspecified atom stereocenters. The van der Waals surface area contributed by atoms with Gasteiger partial charge in [0.05, 0.1) is 6.61 Å². The van der Waals surface area contributed by atoms with Crippen molar-refractivity contribution in [1.82, 2.24) is 0 Å². The van der Waals surface area contributed by atoms with E-state index in [2.05, 4.69) is 33.1 Å². The smallest absolute Gasteiger partial charge is 0.0538 e. The molecule has 0 spiro atoms. The summed E-state index contributed by atoms with van der Waals surface area (Å²) in [6.45, 7) is 7.53. The highest BCUT2D eigenvalue weighted by atomic mass is 32.2. The molecule has 0 aliphatic rings. The number of hydrogen-bond acceptors (Lipinski definition) is 2. The summed E-state index contributed by atoms with van der Waals surface area (Å²) >= 11 is 1.85. The van der Waals surface area contributed by atoms with Gasteiger partial charge < -0.3 is 4.74 Å². The molecule has 78 valence electrons. The second-order valence-electron chi connectivity index (χ2n) is 3.52. The van der Waals surface area contributed by atoms with Crippen LogP contribution in [0.4, 0.5) is 0 Å². The van der Waals surface area contributed by atoms with Crippen LogP contribution in [0.5, 0.6) is 0 Å². The van der Waals surface area contributed by atoms with Gasteiger partial charge in [-0.2, -0.15) is 0 Å². The third-order valence-electron chi connectivity index (χ3n) is 2.16. The van der Waals surface area contributed by atoms with Crippen LogP contribution in [0.2, 0.25) is 0 Å². The SMILES string of the molecule is CC/C=C(\SC)C(COC)C(C)C. The molecule has 0 heterocycles. The molecule has 0 radical (unpaired) electrons. The van der Waals surface area contributed by atoms with Gasteiger partial charge in [-0.1, -0.05) is 26.8 Å². The zero-order valence-electron chi connectivity index (χ0n) is 9.46. The summed E-state index contributed by atoms with van der Waals surface area (Å²) in [5, 5.41) is 0. The Labute approximate surface area is 86.9 Å². The van der Waals surface area contributed by atoms with Crippen LogP contribution in [-0.2, 0) is 4.74 Å². The fraction of sp³-hybridized carbons (Fsp3) is 0.818. The Kier molecular flexibility index (Phi) is 7.48. The standard InChI is InChI=1S/C11H22OS/c1-6-7-11(13-5)10(8-12-4)9(2)3/h7,9-10H,6,8H2,1-5H3/b11-7-. The second-order valence-corrected chi connectivity index (χ2v) is 4.40. The molecule has 0 aromatic carbocycles. The van der Waals surface area contributed by atoms with Gasteiger partial charge in [-0.05, 0) is 23.5 Å². The maximum absolute atomic E-state index is 5.24. The van der Waals surface area contributed by atoms with Gasteiger partial charge in [0, 0.05) is 13.0 Å². The van der Waals surface area contributed by atoms with Gasteiger partial charge in [0.2, 0.25) is 0 Å². The minimum Gasteiger partial charge on any atom is -0.384 e. The lowest BCUT2D eigenvalue weighted by molar-refractivity contribution is 0.149. The van der Waals surface area contributed by atoms with Crippen molar-refractivity contribution >= 4 is 11.8 Å². The first kappa shape index (κ1) is 13.1. The number of rotatable bonds is 6. The molecule has 0 rings (SSSR count). The van der Waals surface area contributed by atoms with Crippen molar-refractivity contribution in [3.63, 3.8) is 0 Å². The first-order valence-corrected chi connectivity index (χ1v) is 6.12. The van der Waals surface area contributed by atoms with E-state index in [0.29, 0.717) is 11.8 Å². The molecular weight excluding hydrogens is 180 g/mol. The Morgan fingerprint density at radius 2 is 2.08 bits per heavy atom. The van der Waals surface area contributed by atoms with Crippen molar-refractivity contribution < 1.29 is 4.74 Å². The molecule has 13 heavy (non-hydrogen) atoms. The van der Waals surface area contributed by atoms with Crippen molar-refractivity contribution in [2.45, 2.75) is 27.2 Å². The van der Waals surface area contributed by atoms with Gasteiger partial charge in [-0.3, -0.25) is 0 Å². The van der Waals surface area contributed by atoms with E-state index in [9.17, 15) is 0 Å². The lowest BCUT2D eigenvalue weighted by Gasteiger charge is -2.22. The summed E-state index contributed by atoms with van der Waals surface area (Å²) < 4.78 is 5.24. The third kappa shape index (κ3) is 4.72. The fourth-order valence-corrected chi connectivity index (χ4v) is 2.35. The van der Waals surface area contributed by atoms with E-state index < -0.39 is 0 Å². The molecule has 0 aromatic rings. The van der Waals surface area contributed by atoms with E-state index in [1.54, 1.807) is 7.11 Å². The molecule has 0 N–H and O–H groups in total. The van der Waals surface area contributed by atoms with Gasteiger partial charge >= 0.3 is 0 Å². The number of ether oxygens (including phenoxy) is 1. The van der Waals surface area contributed by atoms with Crippen LogP contribution in [0.25, 0.3) is 0 Å². The van der Waals surface area contributed by atoms with Crippen LogP contribution in [0.1, 0.15) is 27.2 Å². The lowest BCUT2D eigenvalue weighted by Crippen LogP contribution is -2.16. The Hall–Kier alpha value is 0.0500. The van der Waals surface area contributed by atoms with Gasteiger partial charge in [-0.25, -0.2) is 0 Å². The maximum atomic E-state index is 5.24. The predicted octanol–water partition coefficient (Wildman–Crippen LogP) is 3.56. The van der Waals surface area contributed by atoms with Crippen LogP contribution in [0.15, 0.2) is 11.0 Å². The molecule has 0 amide bonds. The Morgan fingerprint density at radius 1 is 1.46 bits per heavy atom. The van der Waals surface area contributed by atoms with Crippen molar-refractivity contribution in [3.05, 3.63) is 11.0 Å². The molecule has 0 aliphatic heterocycles. The second kappa shape index (κ2) is 7.45. The molecule has 0 saturated heterocycles. The zero-order valence-corrected chi connectivity index (χ0v) is 10.3. The summed E-state index contributed by atoms with van der Waals surface area (Å²) in [6, 6.07) is 0. The maximum Gasteiger partial charge on any atom is 0.0538 e. The van der Waals surface area contributed by atoms with Gasteiger partial charge in [-0.15, -0.1) is 11.8 Å². The first-order valence-electron chi connectivity index (χ1n) is 4.90. The molecular formula is C11H22OS. The van der Waals surface area contributed by atoms with E-state index in [1.165, 1.54) is 4.91 Å². The summed E-state index contributed by atoms with van der Waals surface area (Å²) in [6.07, 6.45) is 5.57. The van der Waals surface area contributed by atoms with Crippen molar-refractivity contribution in [2.24, 2.45) is 11.8 Å². The van der Waals surface area contributed by atoms with Crippen LogP contribution in [0, 0.1) is 11.8 Å². The Balaban J connectivity index is 4.39. The number of hydrogen-bond donors (Lipinski definition) is 0. The highest BCUT2D eigenvalue weighted by molar-refractivity contribution is 8.02. The summed E-state index contributed by atoms with van der Waals surface area (Å²) in [5.41, 5.74) is 0. The lowest BCUT2D eigenvalue weighted by atomic mass is 9.95. The highest BCUT2D eigenvalue weighted by Crippen LogP contribution is 2.28. The highest BCUT2D eigenvalue weighted by Gasteiger charge is 2.16. The minimum absolute atomic E-state index is 0.569. The topological polar surface area (TPSA) is 9.23 Å². The number of thioether (sulfide) groups is 1. The van der Waals surface area contributed by atoms with Crippen LogP contribution >= 0.6 is 11.8 Å². The van der Waals surface area contributed by atoms with Gasteiger partial charge in [0.15, 0.2) is 0 Å². The third-order valence-corrected chi connectivity index (χ3v) is 3.10. The van der Waals surface area contributed by atoms with E-state index in [1.807, 2.05) is 11.8 Å².